The van der Waals surface area contributed by atoms with Crippen LogP contribution in [-0.4, -0.2) is 19.8 Å². The molecule has 0 aliphatic heterocycles. The molecule has 0 spiro atoms. The van der Waals surface area contributed by atoms with Crippen molar-refractivity contribution in [3.63, 3.8) is 0 Å². The summed E-state index contributed by atoms with van der Waals surface area (Å²) in [6.07, 6.45) is 0.0984. The predicted octanol–water partition coefficient (Wildman–Crippen LogP) is 3.55. The Hall–Kier alpha value is -3.95. The monoisotopic (exact) mass is 354 g/mol. The maximum atomic E-state index is 11.2. The topological polar surface area (TPSA) is 142 Å². The van der Waals surface area contributed by atoms with Gasteiger partial charge in [0.05, 0.1) is 26.4 Å². The average Bonchev–Trinajstić information content (AvgIpc) is 2.61. The van der Waals surface area contributed by atoms with Gasteiger partial charge in [-0.05, 0) is 18.2 Å². The zero-order valence-electron chi connectivity index (χ0n) is 13.1. The minimum Gasteiger partial charge on any atom is -0.258 e. The lowest BCUT2D eigenvalue weighted by Gasteiger charge is -2.05. The van der Waals surface area contributed by atoms with E-state index < -0.39 is 14.8 Å². The van der Waals surface area contributed by atoms with E-state index in [9.17, 15) is 30.3 Å². The van der Waals surface area contributed by atoms with E-state index in [0.717, 1.165) is 6.07 Å². The molecule has 1 aromatic heterocycles. The van der Waals surface area contributed by atoms with Crippen LogP contribution in [0.2, 0.25) is 0 Å². The standard InChI is InChI=1S/C16H10N4O6/c21-18(22)13-5-6-15-10(8-13)1-3-12(17-15)7-11-2-4-14(19(23)24)9-16(11)20(25)26/h1-6,8-9H,7H2. The average molecular weight is 354 g/mol. The minimum absolute atomic E-state index is 0.0574. The summed E-state index contributed by atoms with van der Waals surface area (Å²) in [5.41, 5.74) is 0.525. The third-order valence-electron chi connectivity index (χ3n) is 3.79. The number of benzene rings is 2. The van der Waals surface area contributed by atoms with E-state index in [1.54, 1.807) is 12.1 Å². The lowest BCUT2D eigenvalue weighted by atomic mass is 10.1. The second-order valence-corrected chi connectivity index (χ2v) is 5.44. The van der Waals surface area contributed by atoms with Crippen molar-refractivity contribution in [1.29, 1.82) is 0 Å². The van der Waals surface area contributed by atoms with Gasteiger partial charge >= 0.3 is 0 Å². The lowest BCUT2D eigenvalue weighted by molar-refractivity contribution is -0.394. The molecule has 3 rings (SSSR count). The van der Waals surface area contributed by atoms with Gasteiger partial charge in [0, 0.05) is 41.3 Å². The summed E-state index contributed by atoms with van der Waals surface area (Å²) in [5.74, 6) is 0. The number of hydrogen-bond acceptors (Lipinski definition) is 7. The summed E-state index contributed by atoms with van der Waals surface area (Å²) in [4.78, 5) is 35.3. The summed E-state index contributed by atoms with van der Waals surface area (Å²) in [7, 11) is 0. The number of fused-ring (bicyclic) bond motifs is 1. The number of nitrogens with zero attached hydrogens (tertiary/aromatic N) is 4. The molecule has 3 aromatic rings. The summed E-state index contributed by atoms with van der Waals surface area (Å²) in [6.45, 7) is 0. The first-order chi connectivity index (χ1) is 12.3. The van der Waals surface area contributed by atoms with Gasteiger partial charge in [-0.15, -0.1) is 0 Å². The fourth-order valence-electron chi connectivity index (χ4n) is 2.55. The quantitative estimate of drug-likeness (QED) is 0.503. The molecule has 0 fully saturated rings. The summed E-state index contributed by atoms with van der Waals surface area (Å²) in [5, 5.41) is 33.4. The van der Waals surface area contributed by atoms with Gasteiger partial charge in [-0.25, -0.2) is 0 Å². The van der Waals surface area contributed by atoms with Gasteiger partial charge in [-0.2, -0.15) is 0 Å². The highest BCUT2D eigenvalue weighted by atomic mass is 16.6. The number of aromatic nitrogens is 1. The van der Waals surface area contributed by atoms with Crippen LogP contribution in [0.5, 0.6) is 0 Å². The Kier molecular flexibility index (Phi) is 4.23. The molecule has 0 saturated carbocycles. The smallest absolute Gasteiger partial charge is 0.258 e. The first-order valence-corrected chi connectivity index (χ1v) is 7.31. The van der Waals surface area contributed by atoms with Crippen LogP contribution in [0.25, 0.3) is 10.9 Å². The largest absolute Gasteiger partial charge is 0.279 e. The van der Waals surface area contributed by atoms with Crippen molar-refractivity contribution in [2.24, 2.45) is 0 Å². The molecule has 0 amide bonds. The van der Waals surface area contributed by atoms with E-state index in [-0.39, 0.29) is 29.0 Å². The second-order valence-electron chi connectivity index (χ2n) is 5.44. The maximum Gasteiger partial charge on any atom is 0.279 e. The maximum absolute atomic E-state index is 11.2. The third kappa shape index (κ3) is 3.29. The normalized spacial score (nSPS) is 10.6. The Morgan fingerprint density at radius 2 is 1.42 bits per heavy atom. The van der Waals surface area contributed by atoms with Gasteiger partial charge in [-0.1, -0.05) is 6.07 Å². The molecule has 10 heteroatoms. The molecule has 1 heterocycles. The number of rotatable bonds is 5. The second kappa shape index (κ2) is 6.51. The number of non-ortho nitro benzene ring substituents is 2. The zero-order valence-corrected chi connectivity index (χ0v) is 13.1. The first-order valence-electron chi connectivity index (χ1n) is 7.31. The van der Waals surface area contributed by atoms with Crippen LogP contribution in [0.3, 0.4) is 0 Å². The Morgan fingerprint density at radius 1 is 0.769 bits per heavy atom. The van der Waals surface area contributed by atoms with Gasteiger partial charge < -0.3 is 0 Å². The van der Waals surface area contributed by atoms with Crippen molar-refractivity contribution in [3.05, 3.63) is 90.1 Å². The fraction of sp³-hybridized carbons (Fsp3) is 0.0625. The zero-order chi connectivity index (χ0) is 18.8. The van der Waals surface area contributed by atoms with E-state index in [1.165, 1.54) is 30.3 Å². The molecular weight excluding hydrogens is 344 g/mol. The van der Waals surface area contributed by atoms with E-state index >= 15 is 0 Å². The van der Waals surface area contributed by atoms with E-state index in [0.29, 0.717) is 16.6 Å². The van der Waals surface area contributed by atoms with Gasteiger partial charge in [0.2, 0.25) is 0 Å². The van der Waals surface area contributed by atoms with Crippen LogP contribution in [0.4, 0.5) is 17.1 Å². The van der Waals surface area contributed by atoms with Gasteiger partial charge in [0.15, 0.2) is 0 Å². The van der Waals surface area contributed by atoms with E-state index in [4.69, 9.17) is 0 Å². The van der Waals surface area contributed by atoms with E-state index in [1.807, 2.05) is 0 Å². The molecule has 10 nitrogen and oxygen atoms in total. The van der Waals surface area contributed by atoms with Crippen LogP contribution >= 0.6 is 0 Å². The number of nitro groups is 3. The summed E-state index contributed by atoms with van der Waals surface area (Å²) >= 11 is 0. The lowest BCUT2D eigenvalue weighted by Crippen LogP contribution is -2.00. The minimum atomic E-state index is -0.696. The van der Waals surface area contributed by atoms with Crippen LogP contribution in [0.15, 0.2) is 48.5 Å². The van der Waals surface area contributed by atoms with Crippen LogP contribution in [0.1, 0.15) is 11.3 Å². The van der Waals surface area contributed by atoms with Crippen LogP contribution in [0, 0.1) is 30.3 Å². The van der Waals surface area contributed by atoms with Crippen LogP contribution in [-0.2, 0) is 6.42 Å². The Morgan fingerprint density at radius 3 is 2.08 bits per heavy atom. The fourth-order valence-corrected chi connectivity index (χ4v) is 2.55. The molecular formula is C16H10N4O6. The van der Waals surface area contributed by atoms with Gasteiger partial charge in [0.1, 0.15) is 0 Å². The van der Waals surface area contributed by atoms with Crippen molar-refractivity contribution >= 4 is 28.0 Å². The molecule has 0 N–H and O–H groups in total. The SMILES string of the molecule is O=[N+]([O-])c1ccc(Cc2ccc3cc([N+](=O)[O-])ccc3n2)c([N+](=O)[O-])c1. The Balaban J connectivity index is 1.98. The molecule has 0 atom stereocenters. The van der Waals surface area contributed by atoms with E-state index in [2.05, 4.69) is 4.98 Å². The molecule has 0 bridgehead atoms. The molecule has 0 radical (unpaired) electrons. The molecule has 0 aliphatic rings. The first kappa shape index (κ1) is 16.9. The van der Waals surface area contributed by atoms with Gasteiger partial charge in [-0.3, -0.25) is 35.3 Å². The van der Waals surface area contributed by atoms with Crippen molar-refractivity contribution in [2.75, 3.05) is 0 Å². The highest BCUT2D eigenvalue weighted by Gasteiger charge is 2.20. The van der Waals surface area contributed by atoms with Crippen molar-refractivity contribution in [3.8, 4) is 0 Å². The summed E-state index contributed by atoms with van der Waals surface area (Å²) in [6, 6.07) is 10.9. The molecule has 130 valence electrons. The van der Waals surface area contributed by atoms with Gasteiger partial charge in [0.25, 0.3) is 17.1 Å². The third-order valence-corrected chi connectivity index (χ3v) is 3.79. The molecule has 0 saturated heterocycles. The molecule has 26 heavy (non-hydrogen) atoms. The van der Waals surface area contributed by atoms with Crippen molar-refractivity contribution in [1.82, 2.24) is 4.98 Å². The predicted molar refractivity (Wildman–Crippen MR) is 91.0 cm³/mol. The van der Waals surface area contributed by atoms with Crippen molar-refractivity contribution in [2.45, 2.75) is 6.42 Å². The summed E-state index contributed by atoms with van der Waals surface area (Å²) < 4.78 is 0. The highest BCUT2D eigenvalue weighted by molar-refractivity contribution is 5.81. The number of hydrogen-bond donors (Lipinski definition) is 0. The number of nitro benzene ring substituents is 3. The highest BCUT2D eigenvalue weighted by Crippen LogP contribution is 2.27. The molecule has 2 aromatic carbocycles. The van der Waals surface area contributed by atoms with Crippen LogP contribution < -0.4 is 0 Å². The molecule has 0 unspecified atom stereocenters. The Labute approximate surface area is 145 Å². The number of pyridine rings is 1. The van der Waals surface area contributed by atoms with Crippen molar-refractivity contribution < 1.29 is 14.8 Å². The Bertz CT molecular complexity index is 1070. The molecule has 0 aliphatic carbocycles.